The number of phenolic OH excluding ortho intramolecular Hbond substituents is 1. The van der Waals surface area contributed by atoms with Gasteiger partial charge in [-0.1, -0.05) is 12.1 Å². The van der Waals surface area contributed by atoms with Crippen molar-refractivity contribution in [3.8, 4) is 5.75 Å². The molecule has 8 nitrogen and oxygen atoms in total. The molecule has 0 saturated carbocycles. The number of methoxy groups -OCH3 is 1. The molecule has 0 unspecified atom stereocenters. The van der Waals surface area contributed by atoms with E-state index in [0.29, 0.717) is 0 Å². The molecule has 123 valence electrons. The van der Waals surface area contributed by atoms with Crippen LogP contribution >= 0.6 is 0 Å². The van der Waals surface area contributed by atoms with Gasteiger partial charge in [0, 0.05) is 0 Å². The van der Waals surface area contributed by atoms with E-state index in [1.165, 1.54) is 19.2 Å². The van der Waals surface area contributed by atoms with Gasteiger partial charge in [0.1, 0.15) is 35.7 Å². The molecule has 1 aromatic carbocycles. The van der Waals surface area contributed by atoms with Crippen LogP contribution in [0.2, 0.25) is 0 Å². The highest BCUT2D eigenvalue weighted by Crippen LogP contribution is 2.16. The van der Waals surface area contributed by atoms with Crippen LogP contribution in [-0.4, -0.2) is 71.1 Å². The number of phenols is 1. The Morgan fingerprint density at radius 2 is 1.95 bits per heavy atom. The number of benzene rings is 1. The lowest BCUT2D eigenvalue weighted by atomic mass is 10.0. The van der Waals surface area contributed by atoms with Crippen molar-refractivity contribution < 1.29 is 39.8 Å². The van der Waals surface area contributed by atoms with E-state index in [4.69, 9.17) is 25.2 Å². The summed E-state index contributed by atoms with van der Waals surface area (Å²) >= 11 is 0. The lowest BCUT2D eigenvalue weighted by molar-refractivity contribution is -0.208. The molecule has 1 aliphatic heterocycles. The average molecular weight is 315 g/mol. The summed E-state index contributed by atoms with van der Waals surface area (Å²) in [6.45, 7) is -0.547. The first-order chi connectivity index (χ1) is 10.4. The van der Waals surface area contributed by atoms with E-state index in [1.54, 1.807) is 12.1 Å². The molecule has 0 amide bonds. The maximum atomic E-state index is 10.9. The van der Waals surface area contributed by atoms with Gasteiger partial charge in [-0.3, -0.25) is 0 Å². The summed E-state index contributed by atoms with van der Waals surface area (Å²) in [5, 5.41) is 46.5. The minimum absolute atomic E-state index is 0.0562. The Labute approximate surface area is 127 Å². The van der Waals surface area contributed by atoms with Crippen LogP contribution < -0.4 is 0 Å². The second kappa shape index (κ2) is 8.66. The zero-order valence-corrected chi connectivity index (χ0v) is 12.0. The topological polar surface area (TPSA) is 136 Å². The van der Waals surface area contributed by atoms with Crippen molar-refractivity contribution in [2.24, 2.45) is 0 Å². The lowest BCUT2D eigenvalue weighted by Crippen LogP contribution is -2.53. The Kier molecular flexibility index (Phi) is 7.22. The summed E-state index contributed by atoms with van der Waals surface area (Å²) in [5.41, 5.74) is 0.190. The summed E-state index contributed by atoms with van der Waals surface area (Å²) in [5.74, 6) is -0.581. The SMILES string of the molecule is COC(=O)c1ccccc1O.[O][C@H]1CO[C@H](CO)[C@@H](O)[C@@H]1O. The van der Waals surface area contributed by atoms with Crippen LogP contribution in [0.15, 0.2) is 24.3 Å². The van der Waals surface area contributed by atoms with Crippen molar-refractivity contribution in [2.75, 3.05) is 20.3 Å². The molecule has 2 rings (SSSR count). The summed E-state index contributed by atoms with van der Waals surface area (Å²) in [6.07, 6.45) is -4.74. The standard InChI is InChI=1S/C8H8O3.C6H11O5/c1-11-8(10)6-4-2-3-5-7(6)9;7-1-4-6(10)5(9)3(8)2-11-4/h2-5,9H,1H3;3-7,9-10H,1-2H2/t;3-,4+,5+,6+/m.0/s1. The number of ether oxygens (including phenoxy) is 2. The molecule has 0 aliphatic carbocycles. The number of para-hydroxylation sites is 1. The molecule has 4 N–H and O–H groups in total. The number of aliphatic hydroxyl groups is 3. The van der Waals surface area contributed by atoms with Gasteiger partial charge in [-0.25, -0.2) is 9.90 Å². The first-order valence-corrected chi connectivity index (χ1v) is 6.53. The first kappa shape index (κ1) is 18.3. The Bertz CT molecular complexity index is 476. The van der Waals surface area contributed by atoms with Crippen molar-refractivity contribution in [1.82, 2.24) is 0 Å². The maximum absolute atomic E-state index is 10.9. The molecule has 0 spiro atoms. The predicted molar refractivity (Wildman–Crippen MR) is 72.8 cm³/mol. The fourth-order valence-corrected chi connectivity index (χ4v) is 1.77. The van der Waals surface area contributed by atoms with Gasteiger partial charge in [0.25, 0.3) is 0 Å². The number of aliphatic hydroxyl groups excluding tert-OH is 3. The van der Waals surface area contributed by atoms with Crippen molar-refractivity contribution in [1.29, 1.82) is 0 Å². The molecule has 1 saturated heterocycles. The predicted octanol–water partition coefficient (Wildman–Crippen LogP) is -0.923. The van der Waals surface area contributed by atoms with E-state index in [-0.39, 0.29) is 24.5 Å². The van der Waals surface area contributed by atoms with Gasteiger partial charge in [0.05, 0.1) is 20.3 Å². The number of rotatable bonds is 2. The van der Waals surface area contributed by atoms with E-state index in [9.17, 15) is 9.90 Å². The van der Waals surface area contributed by atoms with Gasteiger partial charge in [0.15, 0.2) is 0 Å². The molecule has 1 aromatic rings. The van der Waals surface area contributed by atoms with Gasteiger partial charge in [0.2, 0.25) is 0 Å². The number of carbonyl (C=O) groups excluding carboxylic acids is 1. The highest BCUT2D eigenvalue weighted by atomic mass is 16.5. The summed E-state index contributed by atoms with van der Waals surface area (Å²) in [4.78, 5) is 10.9. The fraction of sp³-hybridized carbons (Fsp3) is 0.500. The zero-order chi connectivity index (χ0) is 16.7. The van der Waals surface area contributed by atoms with Crippen molar-refractivity contribution in [2.45, 2.75) is 24.4 Å². The highest BCUT2D eigenvalue weighted by molar-refractivity contribution is 5.92. The van der Waals surface area contributed by atoms with Gasteiger partial charge >= 0.3 is 5.97 Å². The molecule has 1 heterocycles. The fourth-order valence-electron chi connectivity index (χ4n) is 1.77. The minimum atomic E-state index is -1.33. The quantitative estimate of drug-likeness (QED) is 0.518. The van der Waals surface area contributed by atoms with Gasteiger partial charge < -0.3 is 29.9 Å². The Balaban J connectivity index is 0.000000220. The maximum Gasteiger partial charge on any atom is 0.341 e. The summed E-state index contributed by atoms with van der Waals surface area (Å²) in [7, 11) is 1.27. The normalized spacial score (nSPS) is 27.5. The number of aromatic hydroxyl groups is 1. The third-order valence-electron chi connectivity index (χ3n) is 3.08. The van der Waals surface area contributed by atoms with Crippen LogP contribution in [-0.2, 0) is 14.6 Å². The summed E-state index contributed by atoms with van der Waals surface area (Å²) in [6, 6.07) is 6.24. The number of hydrogen-bond donors (Lipinski definition) is 4. The molecule has 0 aromatic heterocycles. The molecule has 1 aliphatic rings. The third-order valence-corrected chi connectivity index (χ3v) is 3.08. The first-order valence-electron chi connectivity index (χ1n) is 6.53. The second-order valence-corrected chi connectivity index (χ2v) is 4.58. The van der Waals surface area contributed by atoms with Crippen molar-refractivity contribution in [3.05, 3.63) is 29.8 Å². The molecular weight excluding hydrogens is 296 g/mol. The molecule has 1 radical (unpaired) electrons. The smallest absolute Gasteiger partial charge is 0.341 e. The van der Waals surface area contributed by atoms with Crippen molar-refractivity contribution >= 4 is 5.97 Å². The lowest BCUT2D eigenvalue weighted by Gasteiger charge is -2.33. The van der Waals surface area contributed by atoms with Crippen molar-refractivity contribution in [3.63, 3.8) is 0 Å². The Hall–Kier alpha value is -1.71. The highest BCUT2D eigenvalue weighted by Gasteiger charge is 2.37. The molecule has 8 heteroatoms. The monoisotopic (exact) mass is 315 g/mol. The van der Waals surface area contributed by atoms with Crippen LogP contribution in [0.5, 0.6) is 5.75 Å². The van der Waals surface area contributed by atoms with Crippen LogP contribution in [0.25, 0.3) is 0 Å². The molecule has 22 heavy (non-hydrogen) atoms. The van der Waals surface area contributed by atoms with Gasteiger partial charge in [-0.05, 0) is 12.1 Å². The van der Waals surface area contributed by atoms with E-state index < -0.39 is 30.4 Å². The largest absolute Gasteiger partial charge is 0.507 e. The van der Waals surface area contributed by atoms with Gasteiger partial charge in [-0.2, -0.15) is 0 Å². The van der Waals surface area contributed by atoms with E-state index in [1.807, 2.05) is 0 Å². The van der Waals surface area contributed by atoms with Gasteiger partial charge in [-0.15, -0.1) is 0 Å². The van der Waals surface area contributed by atoms with Crippen LogP contribution in [0.3, 0.4) is 0 Å². The Morgan fingerprint density at radius 1 is 1.32 bits per heavy atom. The number of esters is 1. The average Bonchev–Trinajstić information content (AvgIpc) is 2.53. The number of carbonyl (C=O) groups is 1. The summed E-state index contributed by atoms with van der Waals surface area (Å²) < 4.78 is 9.17. The van der Waals surface area contributed by atoms with Crippen LogP contribution in [0.1, 0.15) is 10.4 Å². The zero-order valence-electron chi connectivity index (χ0n) is 12.0. The molecule has 1 fully saturated rings. The van der Waals surface area contributed by atoms with Crippen LogP contribution in [0.4, 0.5) is 0 Å². The second-order valence-electron chi connectivity index (χ2n) is 4.58. The minimum Gasteiger partial charge on any atom is -0.507 e. The molecule has 4 atom stereocenters. The number of hydrogen-bond acceptors (Lipinski definition) is 7. The van der Waals surface area contributed by atoms with Crippen LogP contribution in [0, 0.1) is 0 Å². The van der Waals surface area contributed by atoms with E-state index >= 15 is 0 Å². The molecule has 0 bridgehead atoms. The third kappa shape index (κ3) is 4.65. The molecular formula is C14H19O8. The Morgan fingerprint density at radius 3 is 2.50 bits per heavy atom. The van der Waals surface area contributed by atoms with E-state index in [0.717, 1.165) is 0 Å². The van der Waals surface area contributed by atoms with E-state index in [2.05, 4.69) is 4.74 Å².